The number of halogens is 3. The summed E-state index contributed by atoms with van der Waals surface area (Å²) in [7, 11) is 2.04. The lowest BCUT2D eigenvalue weighted by Gasteiger charge is -2.59. The maximum atomic E-state index is 13.6. The fourth-order valence-electron chi connectivity index (χ4n) is 6.35. The minimum Gasteiger partial charge on any atom is -0.488 e. The Bertz CT molecular complexity index is 1460. The molecule has 222 valence electrons. The molecule has 1 amide bonds. The van der Waals surface area contributed by atoms with Gasteiger partial charge in [-0.1, -0.05) is 15.9 Å². The number of nitrogens with zero attached hydrogens (tertiary/aromatic N) is 4. The van der Waals surface area contributed by atoms with E-state index in [1.54, 1.807) is 24.4 Å². The molecule has 2 aliphatic heterocycles. The van der Waals surface area contributed by atoms with E-state index in [-0.39, 0.29) is 34.7 Å². The molecule has 3 aliphatic rings. The van der Waals surface area contributed by atoms with Crippen LogP contribution in [0.15, 0.2) is 53.1 Å². The summed E-state index contributed by atoms with van der Waals surface area (Å²) in [5.74, 6) is 0.627. The Morgan fingerprint density at radius 3 is 2.74 bits per heavy atom. The van der Waals surface area contributed by atoms with Crippen molar-refractivity contribution in [3.05, 3.63) is 64.4 Å². The Balaban J connectivity index is 1.17. The number of alkyl halides is 2. The van der Waals surface area contributed by atoms with E-state index in [1.807, 2.05) is 37.1 Å². The maximum Gasteiger partial charge on any atom is 0.274 e. The number of aromatic nitrogens is 2. The largest absolute Gasteiger partial charge is 0.488 e. The highest BCUT2D eigenvalue weighted by Gasteiger charge is 2.54. The van der Waals surface area contributed by atoms with Gasteiger partial charge < -0.3 is 24.6 Å². The van der Waals surface area contributed by atoms with Gasteiger partial charge >= 0.3 is 0 Å². The van der Waals surface area contributed by atoms with Crippen molar-refractivity contribution < 1.29 is 23.0 Å². The summed E-state index contributed by atoms with van der Waals surface area (Å²) < 4.78 is 40.0. The Kier molecular flexibility index (Phi) is 8.06. The summed E-state index contributed by atoms with van der Waals surface area (Å²) in [5.41, 5.74) is 2.18. The number of nitrogens with one attached hydrogen (secondary N) is 1. The van der Waals surface area contributed by atoms with Crippen LogP contribution in [-0.2, 0) is 0 Å². The molecule has 1 aliphatic carbocycles. The van der Waals surface area contributed by atoms with E-state index in [2.05, 4.69) is 31.1 Å². The highest BCUT2D eigenvalue weighted by atomic mass is 79.9. The summed E-state index contributed by atoms with van der Waals surface area (Å²) in [5, 5.41) is 3.13. The molecule has 1 N–H and O–H groups in total. The molecular weight excluding hydrogens is 608 g/mol. The number of pyridine rings is 2. The van der Waals surface area contributed by atoms with E-state index in [0.29, 0.717) is 52.7 Å². The van der Waals surface area contributed by atoms with Gasteiger partial charge in [-0.3, -0.25) is 4.79 Å². The Morgan fingerprint density at radius 2 is 2.02 bits per heavy atom. The summed E-state index contributed by atoms with van der Waals surface area (Å²) >= 11 is 3.30. The second-order valence-corrected chi connectivity index (χ2v) is 12.5. The third-order valence-corrected chi connectivity index (χ3v) is 8.85. The first kappa shape index (κ1) is 28.8. The van der Waals surface area contributed by atoms with Crippen molar-refractivity contribution in [2.45, 2.75) is 44.8 Å². The van der Waals surface area contributed by atoms with E-state index in [9.17, 15) is 13.6 Å². The van der Waals surface area contributed by atoms with Gasteiger partial charge in [-0.15, -0.1) is 0 Å². The molecule has 1 saturated carbocycles. The number of carbonyl (C=O) groups excluding carboxylic acids is 1. The lowest BCUT2D eigenvalue weighted by molar-refractivity contribution is -0.0346. The second kappa shape index (κ2) is 11.8. The lowest BCUT2D eigenvalue weighted by Crippen LogP contribution is -2.65. The minimum absolute atomic E-state index is 0.0312. The van der Waals surface area contributed by atoms with Crippen molar-refractivity contribution in [2.75, 3.05) is 44.7 Å². The molecule has 6 rings (SSSR count). The van der Waals surface area contributed by atoms with Crippen LogP contribution in [0.1, 0.15) is 48.7 Å². The number of anilines is 1. The van der Waals surface area contributed by atoms with Gasteiger partial charge in [-0.25, -0.2) is 18.7 Å². The van der Waals surface area contributed by atoms with Crippen LogP contribution in [0.25, 0.3) is 11.3 Å². The van der Waals surface area contributed by atoms with Crippen LogP contribution in [-0.4, -0.2) is 72.8 Å². The van der Waals surface area contributed by atoms with Gasteiger partial charge in [0.1, 0.15) is 6.10 Å². The molecule has 1 aromatic carbocycles. The molecule has 0 unspecified atom stereocenters. The van der Waals surface area contributed by atoms with Crippen molar-refractivity contribution >= 4 is 27.5 Å². The van der Waals surface area contributed by atoms with E-state index in [0.717, 1.165) is 32.4 Å². The van der Waals surface area contributed by atoms with Crippen molar-refractivity contribution in [3.63, 3.8) is 0 Å². The molecule has 2 aromatic heterocycles. The number of likely N-dealkylation sites (N-methyl/N-ethyl adjacent to an activating group) is 1. The van der Waals surface area contributed by atoms with Crippen molar-refractivity contribution in [3.8, 4) is 22.9 Å². The molecule has 2 saturated heterocycles. The van der Waals surface area contributed by atoms with Crippen LogP contribution >= 0.6 is 15.9 Å². The molecule has 0 bridgehead atoms. The van der Waals surface area contributed by atoms with Gasteiger partial charge in [0.05, 0.1) is 17.9 Å². The smallest absolute Gasteiger partial charge is 0.274 e. The molecule has 1 spiro atoms. The quantitative estimate of drug-likeness (QED) is 0.320. The van der Waals surface area contributed by atoms with E-state index in [1.165, 1.54) is 6.07 Å². The minimum atomic E-state index is -2.53. The molecule has 11 heteroatoms. The second-order valence-electron chi connectivity index (χ2n) is 11.6. The molecular formula is C31H34BrF2N5O3. The van der Waals surface area contributed by atoms with Crippen molar-refractivity contribution in [1.82, 2.24) is 20.2 Å². The SMILES string of the molecule is CCOc1ncccc1-c1ccc(OC2CC3(C2)CN(c2ccc(Br)cc2C(F)F)C3)c(C(=O)N[C@@H]2CCN(C)C2)n1. The molecule has 42 heavy (non-hydrogen) atoms. The Morgan fingerprint density at radius 1 is 1.21 bits per heavy atom. The molecule has 3 fully saturated rings. The van der Waals surface area contributed by atoms with E-state index < -0.39 is 6.43 Å². The van der Waals surface area contributed by atoms with Gasteiger partial charge in [0.25, 0.3) is 12.3 Å². The number of rotatable bonds is 9. The summed E-state index contributed by atoms with van der Waals surface area (Å²) in [4.78, 5) is 26.8. The first-order chi connectivity index (χ1) is 20.2. The average molecular weight is 643 g/mol. The number of benzene rings is 1. The first-order valence-corrected chi connectivity index (χ1v) is 15.1. The van der Waals surface area contributed by atoms with Crippen LogP contribution in [0.5, 0.6) is 11.6 Å². The zero-order valence-corrected chi connectivity index (χ0v) is 25.2. The Labute approximate surface area is 252 Å². The lowest BCUT2D eigenvalue weighted by atomic mass is 9.61. The zero-order chi connectivity index (χ0) is 29.4. The van der Waals surface area contributed by atoms with Gasteiger partial charge in [0.2, 0.25) is 5.88 Å². The fraction of sp³-hybridized carbons (Fsp3) is 0.452. The number of hydrogen-bond acceptors (Lipinski definition) is 7. The number of amides is 1. The molecule has 1 atom stereocenters. The summed E-state index contributed by atoms with van der Waals surface area (Å²) in [6.07, 6.45) is 1.50. The normalized spacial score (nSPS) is 20.0. The van der Waals surface area contributed by atoms with Gasteiger partial charge in [-0.2, -0.15) is 0 Å². The summed E-state index contributed by atoms with van der Waals surface area (Å²) in [6.45, 7) is 5.47. The van der Waals surface area contributed by atoms with Crippen molar-refractivity contribution in [2.24, 2.45) is 5.41 Å². The summed E-state index contributed by atoms with van der Waals surface area (Å²) in [6, 6.07) is 12.4. The third-order valence-electron chi connectivity index (χ3n) is 8.36. The predicted octanol–water partition coefficient (Wildman–Crippen LogP) is 5.72. The number of hydrogen-bond donors (Lipinski definition) is 1. The van der Waals surface area contributed by atoms with E-state index in [4.69, 9.17) is 14.5 Å². The topological polar surface area (TPSA) is 79.8 Å². The van der Waals surface area contributed by atoms with E-state index >= 15 is 0 Å². The standard InChI is InChI=1S/C31H34BrF2N5O3/c1-3-41-30-22(5-4-11-35-30)24-7-9-26(27(37-24)29(40)36-20-10-12-38(2)16-20)42-21-14-31(15-21)17-39(18-31)25-8-6-19(32)13-23(25)28(33)34/h4-9,11,13,20-21,28H,3,10,12,14-18H2,1-2H3,(H,36,40)/t20-/m1/s1. The van der Waals surface area contributed by atoms with Gasteiger partial charge in [-0.05, 0) is 82.2 Å². The molecule has 3 aromatic rings. The van der Waals surface area contributed by atoms with Crippen LogP contribution in [0.4, 0.5) is 14.5 Å². The highest BCUT2D eigenvalue weighted by molar-refractivity contribution is 9.10. The number of carbonyl (C=O) groups is 1. The molecule has 0 radical (unpaired) electrons. The van der Waals surface area contributed by atoms with Crippen LogP contribution < -0.4 is 19.7 Å². The molecule has 8 nitrogen and oxygen atoms in total. The Hall–Kier alpha value is -3.31. The van der Waals surface area contributed by atoms with Gasteiger partial charge in [0.15, 0.2) is 11.4 Å². The zero-order valence-electron chi connectivity index (χ0n) is 23.7. The van der Waals surface area contributed by atoms with Gasteiger partial charge in [0, 0.05) is 53.0 Å². The average Bonchev–Trinajstić information content (AvgIpc) is 3.34. The van der Waals surface area contributed by atoms with Crippen LogP contribution in [0.2, 0.25) is 0 Å². The first-order valence-electron chi connectivity index (χ1n) is 14.3. The van der Waals surface area contributed by atoms with Crippen molar-refractivity contribution in [1.29, 1.82) is 0 Å². The predicted molar refractivity (Wildman–Crippen MR) is 159 cm³/mol. The fourth-order valence-corrected chi connectivity index (χ4v) is 6.73. The third kappa shape index (κ3) is 5.81. The van der Waals surface area contributed by atoms with Crippen LogP contribution in [0.3, 0.4) is 0 Å². The maximum absolute atomic E-state index is 13.6. The van der Waals surface area contributed by atoms with Crippen LogP contribution in [0, 0.1) is 5.41 Å². The highest BCUT2D eigenvalue weighted by Crippen LogP contribution is 2.52. The number of ether oxygens (including phenoxy) is 2. The molecule has 4 heterocycles. The monoisotopic (exact) mass is 641 g/mol. The number of likely N-dealkylation sites (tertiary alicyclic amines) is 1.